The van der Waals surface area contributed by atoms with Gasteiger partial charge in [0.1, 0.15) is 0 Å². The molecule has 38 heavy (non-hydrogen) atoms. The van der Waals surface area contributed by atoms with Gasteiger partial charge in [-0.2, -0.15) is 0 Å². The first-order chi connectivity index (χ1) is 18.0. The maximum absolute atomic E-state index is 14.1. The van der Waals surface area contributed by atoms with Crippen LogP contribution in [0.15, 0.2) is 30.3 Å². The van der Waals surface area contributed by atoms with Gasteiger partial charge in [0.2, 0.25) is 5.91 Å². The third-order valence-corrected chi connectivity index (χ3v) is 7.34. The Labute approximate surface area is 232 Å². The van der Waals surface area contributed by atoms with Crippen molar-refractivity contribution in [3.8, 4) is 5.69 Å². The van der Waals surface area contributed by atoms with Gasteiger partial charge in [-0.15, -0.1) is 17.5 Å². The highest BCUT2D eigenvalue weighted by molar-refractivity contribution is 5.94. The van der Waals surface area contributed by atoms with E-state index < -0.39 is 0 Å². The number of methoxy groups -OCH3 is 1. The van der Waals surface area contributed by atoms with Crippen molar-refractivity contribution >= 4 is 24.2 Å². The summed E-state index contributed by atoms with van der Waals surface area (Å²) in [4.78, 5) is 31.2. The standard InChI is InChI=1S/C28H42N6O3.ClH/c1-21(2)20-33(24-17-22(18-29-19-24)27(35)32-14-8-9-15-32)28(36)26-25(13-7-10-16-37-3)34(31-30-26)23-11-5-4-6-12-23;/h4-6,11-12,21-22,24,29H,7-10,13-20H2,1-3H3;1H/t22-,24+;/m1./s1. The summed E-state index contributed by atoms with van der Waals surface area (Å²) in [6, 6.07) is 9.78. The highest BCUT2D eigenvalue weighted by atomic mass is 35.5. The molecule has 2 amide bonds. The number of carbonyl (C=O) groups excluding carboxylic acids is 2. The number of nitrogens with zero attached hydrogens (tertiary/aromatic N) is 5. The number of rotatable bonds is 11. The van der Waals surface area contributed by atoms with Crippen LogP contribution in [0.4, 0.5) is 0 Å². The predicted molar refractivity (Wildman–Crippen MR) is 150 cm³/mol. The zero-order valence-electron chi connectivity index (χ0n) is 23.0. The lowest BCUT2D eigenvalue weighted by Gasteiger charge is -2.39. The number of likely N-dealkylation sites (tertiary alicyclic amines) is 1. The van der Waals surface area contributed by atoms with Gasteiger partial charge in [0.15, 0.2) is 5.69 Å². The molecule has 0 unspecified atom stereocenters. The summed E-state index contributed by atoms with van der Waals surface area (Å²) in [6.07, 6.45) is 5.29. The molecular weight excluding hydrogens is 504 g/mol. The largest absolute Gasteiger partial charge is 0.385 e. The van der Waals surface area contributed by atoms with Gasteiger partial charge >= 0.3 is 0 Å². The molecule has 0 saturated carbocycles. The lowest BCUT2D eigenvalue weighted by molar-refractivity contribution is -0.135. The lowest BCUT2D eigenvalue weighted by atomic mass is 9.92. The second-order valence-electron chi connectivity index (χ2n) is 10.7. The van der Waals surface area contributed by atoms with Gasteiger partial charge in [0, 0.05) is 52.5 Å². The summed E-state index contributed by atoms with van der Waals surface area (Å²) in [7, 11) is 1.70. The summed E-state index contributed by atoms with van der Waals surface area (Å²) in [5.41, 5.74) is 2.13. The number of para-hydroxylation sites is 1. The van der Waals surface area contributed by atoms with Gasteiger partial charge in [0.25, 0.3) is 5.91 Å². The van der Waals surface area contributed by atoms with E-state index in [1.807, 2.05) is 40.1 Å². The average molecular weight is 547 g/mol. The van der Waals surface area contributed by atoms with Crippen LogP contribution in [0, 0.1) is 11.8 Å². The molecule has 1 aromatic heterocycles. The minimum atomic E-state index is -0.104. The van der Waals surface area contributed by atoms with E-state index >= 15 is 0 Å². The van der Waals surface area contributed by atoms with E-state index in [1.54, 1.807) is 11.8 Å². The Kier molecular flexibility index (Phi) is 11.6. The number of aromatic nitrogens is 3. The van der Waals surface area contributed by atoms with Crippen molar-refractivity contribution in [2.75, 3.05) is 46.4 Å². The van der Waals surface area contributed by atoms with E-state index in [4.69, 9.17) is 4.74 Å². The topological polar surface area (TPSA) is 92.6 Å². The van der Waals surface area contributed by atoms with Crippen LogP contribution in [-0.2, 0) is 16.0 Å². The molecule has 0 radical (unpaired) electrons. The number of unbranched alkanes of at least 4 members (excludes halogenated alkanes) is 1. The van der Waals surface area contributed by atoms with E-state index in [-0.39, 0.29) is 42.1 Å². The van der Waals surface area contributed by atoms with E-state index in [9.17, 15) is 9.59 Å². The second-order valence-corrected chi connectivity index (χ2v) is 10.7. The van der Waals surface area contributed by atoms with Crippen molar-refractivity contribution in [2.24, 2.45) is 11.8 Å². The molecule has 0 bridgehead atoms. The minimum Gasteiger partial charge on any atom is -0.385 e. The van der Waals surface area contributed by atoms with Crippen molar-refractivity contribution in [1.82, 2.24) is 30.1 Å². The van der Waals surface area contributed by atoms with Crippen LogP contribution in [0.3, 0.4) is 0 Å². The number of halogens is 1. The van der Waals surface area contributed by atoms with E-state index in [2.05, 4.69) is 29.5 Å². The number of benzene rings is 1. The van der Waals surface area contributed by atoms with Crippen LogP contribution in [0.25, 0.3) is 5.69 Å². The molecule has 2 atom stereocenters. The number of piperidine rings is 1. The molecule has 210 valence electrons. The van der Waals surface area contributed by atoms with Gasteiger partial charge in [-0.3, -0.25) is 9.59 Å². The Morgan fingerprint density at radius 1 is 1.13 bits per heavy atom. The quantitative estimate of drug-likeness (QED) is 0.434. The maximum Gasteiger partial charge on any atom is 0.276 e. The van der Waals surface area contributed by atoms with Crippen molar-refractivity contribution in [3.05, 3.63) is 41.7 Å². The van der Waals surface area contributed by atoms with Gasteiger partial charge in [-0.1, -0.05) is 37.3 Å². The minimum absolute atomic E-state index is 0. The summed E-state index contributed by atoms with van der Waals surface area (Å²) in [5.74, 6) is 0.306. The molecule has 2 saturated heterocycles. The molecule has 2 fully saturated rings. The monoisotopic (exact) mass is 546 g/mol. The smallest absolute Gasteiger partial charge is 0.276 e. The molecule has 9 nitrogen and oxygen atoms in total. The number of carbonyl (C=O) groups is 2. The average Bonchev–Trinajstić information content (AvgIpc) is 3.60. The summed E-state index contributed by atoms with van der Waals surface area (Å²) < 4.78 is 7.03. The lowest BCUT2D eigenvalue weighted by Crippen LogP contribution is -2.55. The fourth-order valence-corrected chi connectivity index (χ4v) is 5.48. The Morgan fingerprint density at radius 2 is 1.87 bits per heavy atom. The van der Waals surface area contributed by atoms with Gasteiger partial charge in [0.05, 0.1) is 17.3 Å². The number of amides is 2. The number of nitrogens with one attached hydrogen (secondary N) is 1. The van der Waals surface area contributed by atoms with Crippen molar-refractivity contribution in [3.63, 3.8) is 0 Å². The Bertz CT molecular complexity index is 1020. The van der Waals surface area contributed by atoms with Crippen molar-refractivity contribution in [2.45, 2.75) is 58.4 Å². The van der Waals surface area contributed by atoms with E-state index in [0.29, 0.717) is 44.8 Å². The fraction of sp³-hybridized carbons (Fsp3) is 0.643. The zero-order chi connectivity index (χ0) is 26.2. The summed E-state index contributed by atoms with van der Waals surface area (Å²) in [5, 5.41) is 12.3. The first kappa shape index (κ1) is 30.1. The third kappa shape index (κ3) is 7.33. The molecule has 4 rings (SSSR count). The normalized spacial score (nSPS) is 19.4. The Balaban J connectivity index is 0.00000400. The number of ether oxygens (including phenoxy) is 1. The Hall–Kier alpha value is -2.49. The molecule has 2 aliphatic heterocycles. The molecule has 2 aliphatic rings. The number of hydrogen-bond acceptors (Lipinski definition) is 6. The van der Waals surface area contributed by atoms with Crippen molar-refractivity contribution in [1.29, 1.82) is 0 Å². The summed E-state index contributed by atoms with van der Waals surface area (Å²) in [6.45, 7) is 8.58. The van der Waals surface area contributed by atoms with Crippen LogP contribution >= 0.6 is 12.4 Å². The van der Waals surface area contributed by atoms with Crippen LogP contribution in [0.5, 0.6) is 0 Å². The third-order valence-electron chi connectivity index (χ3n) is 7.34. The van der Waals surface area contributed by atoms with Gasteiger partial charge in [-0.05, 0) is 56.6 Å². The zero-order valence-corrected chi connectivity index (χ0v) is 23.8. The molecule has 0 spiro atoms. The highest BCUT2D eigenvalue weighted by Crippen LogP contribution is 2.24. The van der Waals surface area contributed by atoms with Crippen LogP contribution in [0.2, 0.25) is 0 Å². The van der Waals surface area contributed by atoms with Gasteiger partial charge < -0.3 is 19.9 Å². The molecule has 10 heteroatoms. The van der Waals surface area contributed by atoms with E-state index in [0.717, 1.165) is 50.2 Å². The van der Waals surface area contributed by atoms with Crippen LogP contribution < -0.4 is 5.32 Å². The molecule has 1 aromatic carbocycles. The first-order valence-electron chi connectivity index (χ1n) is 13.8. The summed E-state index contributed by atoms with van der Waals surface area (Å²) >= 11 is 0. The maximum atomic E-state index is 14.1. The number of hydrogen-bond donors (Lipinski definition) is 1. The molecule has 0 aliphatic carbocycles. The molecule has 1 N–H and O–H groups in total. The highest BCUT2D eigenvalue weighted by Gasteiger charge is 2.37. The molecule has 2 aromatic rings. The Morgan fingerprint density at radius 3 is 2.55 bits per heavy atom. The second kappa shape index (κ2) is 14.6. The fourth-order valence-electron chi connectivity index (χ4n) is 5.48. The van der Waals surface area contributed by atoms with Crippen LogP contribution in [0.1, 0.15) is 62.1 Å². The molecule has 3 heterocycles. The predicted octanol–water partition coefficient (Wildman–Crippen LogP) is 3.36. The van der Waals surface area contributed by atoms with Gasteiger partial charge in [-0.25, -0.2) is 4.68 Å². The first-order valence-corrected chi connectivity index (χ1v) is 13.8. The van der Waals surface area contributed by atoms with Crippen molar-refractivity contribution < 1.29 is 14.3 Å². The van der Waals surface area contributed by atoms with Crippen LogP contribution in [-0.4, -0.2) is 89.1 Å². The SMILES string of the molecule is COCCCCc1c(C(=O)N(CC(C)C)[C@@H]2CNC[C@H](C(=O)N3CCCC3)C2)nnn1-c1ccccc1.Cl. The van der Waals surface area contributed by atoms with E-state index in [1.165, 1.54) is 0 Å². The molecular formula is C28H43ClN6O3.